The van der Waals surface area contributed by atoms with Crippen molar-refractivity contribution in [1.29, 1.82) is 0 Å². The molecule has 0 bridgehead atoms. The summed E-state index contributed by atoms with van der Waals surface area (Å²) in [6, 6.07) is 24.7. The maximum absolute atomic E-state index is 10.0. The molecule has 35 heavy (non-hydrogen) atoms. The minimum atomic E-state index is -0.125. The average molecular weight is 641 g/mol. The van der Waals surface area contributed by atoms with Gasteiger partial charge < -0.3 is 5.11 Å². The number of hydrogen-bond donors (Lipinski definition) is 1. The monoisotopic (exact) mass is 641 g/mol. The first kappa shape index (κ1) is 26.5. The van der Waals surface area contributed by atoms with Crippen molar-refractivity contribution in [3.63, 3.8) is 0 Å². The Balaban J connectivity index is 0.000000378. The molecule has 0 saturated carbocycles. The van der Waals surface area contributed by atoms with Crippen LogP contribution in [0.5, 0.6) is 0 Å². The summed E-state index contributed by atoms with van der Waals surface area (Å²) in [6.07, 6.45) is 1.17. The number of para-hydroxylation sites is 1. The van der Waals surface area contributed by atoms with E-state index in [0.717, 1.165) is 16.8 Å². The van der Waals surface area contributed by atoms with Crippen molar-refractivity contribution in [2.45, 2.75) is 47.0 Å². The Kier molecular flexibility index (Phi) is 7.79. The van der Waals surface area contributed by atoms with Crippen molar-refractivity contribution in [1.82, 2.24) is 4.98 Å². The van der Waals surface area contributed by atoms with E-state index in [2.05, 4.69) is 82.3 Å². The minimum Gasteiger partial charge on any atom is -0.512 e. The van der Waals surface area contributed by atoms with Crippen molar-refractivity contribution in [3.05, 3.63) is 101 Å². The molecule has 1 aromatic heterocycles. The Morgan fingerprint density at radius 2 is 1.69 bits per heavy atom. The average Bonchev–Trinajstić information content (AvgIpc) is 3.01. The summed E-state index contributed by atoms with van der Waals surface area (Å²) in [6.45, 7) is 12.0. The van der Waals surface area contributed by atoms with Gasteiger partial charge in [0, 0.05) is 37.0 Å². The van der Waals surface area contributed by atoms with Crippen LogP contribution in [0.3, 0.4) is 0 Å². The summed E-state index contributed by atoms with van der Waals surface area (Å²) >= 11 is 0. The fourth-order valence-corrected chi connectivity index (χ4v) is 5.27. The van der Waals surface area contributed by atoms with Crippen LogP contribution in [0.1, 0.15) is 49.9 Å². The zero-order chi connectivity index (χ0) is 24.6. The molecule has 0 aliphatic heterocycles. The van der Waals surface area contributed by atoms with E-state index in [1.165, 1.54) is 58.7 Å². The summed E-state index contributed by atoms with van der Waals surface area (Å²) in [5.74, 6) is -0.0625. The third-order valence-corrected chi connectivity index (χ3v) is 6.27. The fraction of sp³-hybridized carbons (Fsp3) is 0.226. The number of pyridine rings is 1. The number of carbonyl (C=O) groups excluding carboxylic acids is 1. The Labute approximate surface area is 221 Å². The van der Waals surface area contributed by atoms with Gasteiger partial charge in [-0.1, -0.05) is 49.7 Å². The van der Waals surface area contributed by atoms with Crippen LogP contribution in [0.2, 0.25) is 0 Å². The van der Waals surface area contributed by atoms with Crippen molar-refractivity contribution in [3.8, 4) is 22.4 Å². The fourth-order valence-electron chi connectivity index (χ4n) is 5.27. The second-order valence-electron chi connectivity index (χ2n) is 9.53. The van der Waals surface area contributed by atoms with Crippen molar-refractivity contribution in [2.24, 2.45) is 0 Å². The molecule has 1 aliphatic rings. The van der Waals surface area contributed by atoms with E-state index in [-0.39, 0.29) is 37.1 Å². The van der Waals surface area contributed by atoms with Crippen LogP contribution in [0.15, 0.2) is 72.5 Å². The van der Waals surface area contributed by atoms with Gasteiger partial charge in [0.15, 0.2) is 5.78 Å². The Hall–Kier alpha value is -3.07. The number of aliphatic hydroxyl groups is 1. The summed E-state index contributed by atoms with van der Waals surface area (Å²) in [5, 5.41) is 9.62. The second kappa shape index (κ2) is 10.3. The molecule has 0 fully saturated rings. The summed E-state index contributed by atoms with van der Waals surface area (Å²) in [5.41, 5.74) is 11.2. The van der Waals surface area contributed by atoms with E-state index in [9.17, 15) is 4.79 Å². The van der Waals surface area contributed by atoms with Gasteiger partial charge in [-0.05, 0) is 67.3 Å². The SMILES string of the molecule is CC(=O)/C=C(/C)O.Cc1cc(C)c2c(c1)-c1c(-c3[c-]cccc3)nc3ccccc3c1C2(C)C.[Ir]. The van der Waals surface area contributed by atoms with Gasteiger partial charge in [0.2, 0.25) is 0 Å². The van der Waals surface area contributed by atoms with Gasteiger partial charge >= 0.3 is 0 Å². The normalized spacial score (nSPS) is 13.3. The number of ketones is 1. The van der Waals surface area contributed by atoms with Crippen LogP contribution in [0.4, 0.5) is 0 Å². The van der Waals surface area contributed by atoms with E-state index >= 15 is 0 Å². The molecule has 0 saturated heterocycles. The number of nitrogens with zero attached hydrogens (tertiary/aromatic N) is 1. The molecule has 1 N–H and O–H groups in total. The quantitative estimate of drug-likeness (QED) is 0.139. The molecule has 1 radical (unpaired) electrons. The molecule has 3 nitrogen and oxygen atoms in total. The van der Waals surface area contributed by atoms with Gasteiger partial charge in [0.1, 0.15) is 0 Å². The molecule has 3 aromatic carbocycles. The Morgan fingerprint density at radius 3 is 2.29 bits per heavy atom. The predicted molar refractivity (Wildman–Crippen MR) is 140 cm³/mol. The van der Waals surface area contributed by atoms with E-state index in [4.69, 9.17) is 10.1 Å². The number of allylic oxidation sites excluding steroid dienone is 2. The summed E-state index contributed by atoms with van der Waals surface area (Å²) in [7, 11) is 0. The van der Waals surface area contributed by atoms with Crippen molar-refractivity contribution >= 4 is 16.7 Å². The molecule has 0 amide bonds. The molecule has 1 heterocycles. The molecular formula is C31H30IrNO2-. The number of aromatic nitrogens is 1. The molecule has 4 heteroatoms. The molecule has 4 aromatic rings. The molecule has 1 aliphatic carbocycles. The van der Waals surface area contributed by atoms with Gasteiger partial charge in [-0.3, -0.25) is 9.78 Å². The topological polar surface area (TPSA) is 50.2 Å². The second-order valence-corrected chi connectivity index (χ2v) is 9.53. The van der Waals surface area contributed by atoms with Crippen LogP contribution in [-0.2, 0) is 30.3 Å². The van der Waals surface area contributed by atoms with Crippen LogP contribution in [0.25, 0.3) is 33.3 Å². The van der Waals surface area contributed by atoms with Gasteiger partial charge in [0.25, 0.3) is 0 Å². The predicted octanol–water partition coefficient (Wildman–Crippen LogP) is 7.66. The zero-order valence-corrected chi connectivity index (χ0v) is 23.4. The van der Waals surface area contributed by atoms with Crippen LogP contribution >= 0.6 is 0 Å². The number of aliphatic hydroxyl groups excluding tert-OH is 1. The number of hydrogen-bond acceptors (Lipinski definition) is 3. The largest absolute Gasteiger partial charge is 0.512 e. The van der Waals surface area contributed by atoms with Gasteiger partial charge in [-0.25, -0.2) is 0 Å². The molecule has 181 valence electrons. The number of rotatable bonds is 2. The molecule has 0 unspecified atom stereocenters. The summed E-state index contributed by atoms with van der Waals surface area (Å²) < 4.78 is 0. The van der Waals surface area contributed by atoms with Gasteiger partial charge in [-0.15, -0.1) is 35.9 Å². The van der Waals surface area contributed by atoms with Gasteiger partial charge in [-0.2, -0.15) is 0 Å². The number of aryl methyl sites for hydroxylation is 2. The third-order valence-electron chi connectivity index (χ3n) is 6.27. The first-order valence-corrected chi connectivity index (χ1v) is 11.5. The summed E-state index contributed by atoms with van der Waals surface area (Å²) in [4.78, 5) is 15.1. The van der Waals surface area contributed by atoms with Crippen LogP contribution in [0, 0.1) is 19.9 Å². The van der Waals surface area contributed by atoms with E-state index < -0.39 is 0 Å². The molecular weight excluding hydrogens is 611 g/mol. The minimum absolute atomic E-state index is 0. The zero-order valence-electron chi connectivity index (χ0n) is 21.0. The number of fused-ring (bicyclic) bond motifs is 5. The van der Waals surface area contributed by atoms with Crippen LogP contribution < -0.4 is 0 Å². The molecule has 0 spiro atoms. The molecule has 0 atom stereocenters. The standard InChI is InChI=1S/C26H22N.C5H8O2.Ir/c1-16-14-17(2)23-20(15-16)22-24(26(23,3)4)19-12-8-9-13-21(19)27-25(22)18-10-6-5-7-11-18;1-4(6)3-5(2)7;/h5-10,12-15H,1-4H3;3,6H,1-2H3;/q-1;;/b;4-3-;. The van der Waals surface area contributed by atoms with Crippen LogP contribution in [-0.4, -0.2) is 15.9 Å². The smallest absolute Gasteiger partial charge is 0.155 e. The maximum Gasteiger partial charge on any atom is 0.155 e. The number of carbonyl (C=O) groups is 1. The maximum atomic E-state index is 10.0. The van der Waals surface area contributed by atoms with Crippen molar-refractivity contribution < 1.29 is 30.0 Å². The number of benzene rings is 3. The van der Waals surface area contributed by atoms with E-state index in [0.29, 0.717) is 0 Å². The Morgan fingerprint density at radius 1 is 1.00 bits per heavy atom. The van der Waals surface area contributed by atoms with Crippen molar-refractivity contribution in [2.75, 3.05) is 0 Å². The Bertz CT molecular complexity index is 1430. The van der Waals surface area contributed by atoms with E-state index in [1.54, 1.807) is 0 Å². The first-order chi connectivity index (χ1) is 16.1. The molecule has 5 rings (SSSR count). The third kappa shape index (κ3) is 5.00. The van der Waals surface area contributed by atoms with E-state index in [1.807, 2.05) is 12.1 Å². The van der Waals surface area contributed by atoms with Gasteiger partial charge in [0.05, 0.1) is 11.3 Å². The first-order valence-electron chi connectivity index (χ1n) is 11.5.